The molecule has 18 nitrogen and oxygen atoms in total. The molecule has 8 amide bonds. The zero-order chi connectivity index (χ0) is 52.0. The van der Waals surface area contributed by atoms with Crippen LogP contribution in [0.1, 0.15) is 105 Å². The van der Waals surface area contributed by atoms with Crippen LogP contribution in [-0.4, -0.2) is 133 Å². The van der Waals surface area contributed by atoms with Crippen molar-refractivity contribution in [2.24, 2.45) is 11.8 Å². The molecule has 0 aromatic heterocycles. The van der Waals surface area contributed by atoms with Crippen LogP contribution in [0.4, 0.5) is 11.4 Å². The van der Waals surface area contributed by atoms with Crippen LogP contribution < -0.4 is 42.5 Å². The van der Waals surface area contributed by atoms with Gasteiger partial charge in [0.2, 0.25) is 35.4 Å². The summed E-state index contributed by atoms with van der Waals surface area (Å²) in [5.41, 5.74) is 1.58. The number of amides is 8. The molecule has 73 heavy (non-hydrogen) atoms. The Labute approximate surface area is 428 Å². The van der Waals surface area contributed by atoms with E-state index in [0.717, 1.165) is 64.2 Å². The van der Waals surface area contributed by atoms with E-state index in [2.05, 4.69) is 49.1 Å². The molecule has 2 aliphatic carbocycles. The number of nitrogens with one attached hydrogen (secondary N) is 8. The molecule has 3 aromatic carbocycles. The fourth-order valence-electron chi connectivity index (χ4n) is 10.7. The molecular formula is C55H72N10O8. The molecule has 2 saturated carbocycles. The van der Waals surface area contributed by atoms with Gasteiger partial charge in [0.1, 0.15) is 30.2 Å². The van der Waals surface area contributed by atoms with E-state index in [4.69, 9.17) is 0 Å². The van der Waals surface area contributed by atoms with Crippen LogP contribution in [0.25, 0.3) is 0 Å². The first-order valence-corrected chi connectivity index (χ1v) is 25.9. The van der Waals surface area contributed by atoms with E-state index in [9.17, 15) is 38.4 Å². The van der Waals surface area contributed by atoms with E-state index in [0.29, 0.717) is 11.4 Å². The average Bonchev–Trinajstić information content (AvgIpc) is 4.05. The number of hydrogen-bond acceptors (Lipinski definition) is 10. The number of carbonyl (C=O) groups excluding carboxylic acids is 8. The summed E-state index contributed by atoms with van der Waals surface area (Å²) in [6.07, 6.45) is 10.4. The molecule has 4 fully saturated rings. The highest BCUT2D eigenvalue weighted by Crippen LogP contribution is 2.32. The normalized spacial score (nSPS) is 21.9. The second-order valence-corrected chi connectivity index (χ2v) is 19.9. The van der Waals surface area contributed by atoms with Gasteiger partial charge in [0, 0.05) is 47.7 Å². The standard InChI is InChI=1S/C55H72N10O8/c1-5-43(57-4)51(69)63-47(36-20-12-7-13-21-36)55(73)65-33-42(31-45(65)53(71)59-40-24-16-9-17-25-40)61-50(68)38-28-26-37(27-29-38)49(67)60-41-30-44(52(70)58-39-22-14-8-15-23-39)64(32-41)54(72)46(35-18-10-6-11-19-35)62-48(66)34(2)56-3/h5,8-9,14-17,22-29,34-36,41-47,56-57H,1,6-7,10-13,18-21,30-33H2,2-4H3,(H,58,70)(H,59,71)(H,60,67)(H,61,68)(H,62,66)(H,63,69)/t34-,41-,42-,43-,44-,45-,46-,47-/m0/s1. The van der Waals surface area contributed by atoms with Crippen molar-refractivity contribution < 1.29 is 38.4 Å². The van der Waals surface area contributed by atoms with Crippen molar-refractivity contribution in [1.29, 1.82) is 0 Å². The van der Waals surface area contributed by atoms with Crippen LogP contribution in [0.5, 0.6) is 0 Å². The third kappa shape index (κ3) is 13.8. The zero-order valence-electron chi connectivity index (χ0n) is 42.2. The van der Waals surface area contributed by atoms with Gasteiger partial charge in [-0.3, -0.25) is 38.4 Å². The molecule has 3 aromatic rings. The molecule has 18 heteroatoms. The maximum atomic E-state index is 14.7. The molecular weight excluding hydrogens is 929 g/mol. The smallest absolute Gasteiger partial charge is 0.251 e. The van der Waals surface area contributed by atoms with Gasteiger partial charge in [-0.05, 0) is 120 Å². The summed E-state index contributed by atoms with van der Waals surface area (Å²) in [6, 6.07) is 17.7. The fourth-order valence-corrected chi connectivity index (χ4v) is 10.7. The Hall–Kier alpha value is -6.92. The maximum absolute atomic E-state index is 14.7. The van der Waals surface area contributed by atoms with Gasteiger partial charge in [0.25, 0.3) is 11.8 Å². The van der Waals surface area contributed by atoms with Gasteiger partial charge in [-0.1, -0.05) is 81.0 Å². The Morgan fingerprint density at radius 2 is 0.945 bits per heavy atom. The molecule has 0 unspecified atom stereocenters. The summed E-state index contributed by atoms with van der Waals surface area (Å²) >= 11 is 0. The van der Waals surface area contributed by atoms with Crippen molar-refractivity contribution in [2.45, 2.75) is 132 Å². The molecule has 8 atom stereocenters. The number of para-hydroxylation sites is 2. The van der Waals surface area contributed by atoms with Crippen LogP contribution in [0.2, 0.25) is 0 Å². The number of carbonyl (C=O) groups is 8. The molecule has 0 radical (unpaired) electrons. The van der Waals surface area contributed by atoms with Crippen molar-refractivity contribution >= 4 is 58.6 Å². The van der Waals surface area contributed by atoms with E-state index in [1.165, 1.54) is 40.1 Å². The molecule has 4 aliphatic rings. The molecule has 0 bridgehead atoms. The number of nitrogens with zero attached hydrogens (tertiary/aromatic N) is 2. The Morgan fingerprint density at radius 1 is 0.548 bits per heavy atom. The van der Waals surface area contributed by atoms with Gasteiger partial charge >= 0.3 is 0 Å². The van der Waals surface area contributed by atoms with Crippen molar-refractivity contribution in [3.05, 3.63) is 109 Å². The minimum absolute atomic E-state index is 0.0159. The fraction of sp³-hybridized carbons (Fsp3) is 0.491. The second kappa shape index (κ2) is 25.6. The van der Waals surface area contributed by atoms with Crippen molar-refractivity contribution in [1.82, 2.24) is 41.7 Å². The Kier molecular flexibility index (Phi) is 18.9. The number of benzene rings is 3. The highest BCUT2D eigenvalue weighted by atomic mass is 16.2. The lowest BCUT2D eigenvalue weighted by Gasteiger charge is -2.35. The lowest BCUT2D eigenvalue weighted by atomic mass is 9.83. The lowest BCUT2D eigenvalue weighted by Crippen LogP contribution is -2.58. The zero-order valence-corrected chi connectivity index (χ0v) is 42.2. The molecule has 2 saturated heterocycles. The van der Waals surface area contributed by atoms with Gasteiger partial charge < -0.3 is 52.3 Å². The van der Waals surface area contributed by atoms with Crippen LogP contribution >= 0.6 is 0 Å². The van der Waals surface area contributed by atoms with E-state index in [1.54, 1.807) is 69.6 Å². The van der Waals surface area contributed by atoms with Gasteiger partial charge in [0.05, 0.1) is 6.04 Å². The van der Waals surface area contributed by atoms with Crippen LogP contribution in [0, 0.1) is 11.8 Å². The first kappa shape index (κ1) is 53.9. The van der Waals surface area contributed by atoms with Gasteiger partial charge in [-0.2, -0.15) is 0 Å². The predicted octanol–water partition coefficient (Wildman–Crippen LogP) is 3.87. The minimum atomic E-state index is -0.962. The molecule has 0 spiro atoms. The Balaban J connectivity index is 1.04. The summed E-state index contributed by atoms with van der Waals surface area (Å²) < 4.78 is 0. The van der Waals surface area contributed by atoms with Crippen molar-refractivity contribution in [2.75, 3.05) is 37.8 Å². The quantitative estimate of drug-likeness (QED) is 0.0807. The van der Waals surface area contributed by atoms with Gasteiger partial charge in [0.15, 0.2) is 0 Å². The maximum Gasteiger partial charge on any atom is 0.251 e. The molecule has 7 rings (SSSR count). The van der Waals surface area contributed by atoms with Crippen molar-refractivity contribution in [3.8, 4) is 0 Å². The summed E-state index contributed by atoms with van der Waals surface area (Å²) in [5.74, 6) is -3.53. The average molecular weight is 1000 g/mol. The van der Waals surface area contributed by atoms with Gasteiger partial charge in [-0.15, -0.1) is 6.58 Å². The lowest BCUT2D eigenvalue weighted by molar-refractivity contribution is -0.142. The van der Waals surface area contributed by atoms with E-state index in [1.807, 2.05) is 12.1 Å². The number of anilines is 2. The molecule has 2 heterocycles. The highest BCUT2D eigenvalue weighted by molar-refractivity contribution is 6.02. The monoisotopic (exact) mass is 1000 g/mol. The van der Waals surface area contributed by atoms with Gasteiger partial charge in [-0.25, -0.2) is 0 Å². The largest absolute Gasteiger partial charge is 0.347 e. The Bertz CT molecular complexity index is 2430. The number of hydrogen-bond donors (Lipinski definition) is 8. The van der Waals surface area contributed by atoms with E-state index >= 15 is 0 Å². The summed E-state index contributed by atoms with van der Waals surface area (Å²) in [4.78, 5) is 115. The van der Waals surface area contributed by atoms with Crippen molar-refractivity contribution in [3.63, 3.8) is 0 Å². The first-order valence-electron chi connectivity index (χ1n) is 25.9. The van der Waals surface area contributed by atoms with Crippen LogP contribution in [0.15, 0.2) is 97.6 Å². The third-order valence-electron chi connectivity index (χ3n) is 15.0. The third-order valence-corrected chi connectivity index (χ3v) is 15.0. The topological polar surface area (TPSA) is 239 Å². The summed E-state index contributed by atoms with van der Waals surface area (Å²) in [6.45, 7) is 5.52. The van der Waals surface area contributed by atoms with Crippen LogP contribution in [0.3, 0.4) is 0 Å². The van der Waals surface area contributed by atoms with E-state index in [-0.39, 0.29) is 60.7 Å². The number of rotatable bonds is 19. The predicted molar refractivity (Wildman–Crippen MR) is 278 cm³/mol. The first-order chi connectivity index (χ1) is 35.3. The Morgan fingerprint density at radius 3 is 1.32 bits per heavy atom. The number of likely N-dealkylation sites (N-methyl/N-ethyl adjacent to an activating group) is 2. The summed E-state index contributed by atoms with van der Waals surface area (Å²) in [7, 11) is 3.30. The molecule has 8 N–H and O–H groups in total. The summed E-state index contributed by atoms with van der Waals surface area (Å²) in [5, 5.41) is 23.7. The minimum Gasteiger partial charge on any atom is -0.347 e. The number of likely N-dealkylation sites (tertiary alicyclic amines) is 2. The van der Waals surface area contributed by atoms with E-state index < -0.39 is 83.8 Å². The molecule has 390 valence electrons. The highest BCUT2D eigenvalue weighted by Gasteiger charge is 2.46. The second-order valence-electron chi connectivity index (χ2n) is 19.9. The van der Waals surface area contributed by atoms with Crippen LogP contribution in [-0.2, 0) is 28.8 Å². The SMILES string of the molecule is C=C[C@H](NC)C(=O)N[C@H](C(=O)N1C[C@@H](NC(=O)c2ccc(C(=O)N[C@H]3C[C@@H](C(=O)Nc4ccccc4)N(C(=O)[C@@H](NC(=O)[C@H](C)NC)C4CCCCC4)C3)cc2)C[C@H]1C(=O)Nc1ccccc1)C1CCCCC1. The molecule has 2 aliphatic heterocycles.